The van der Waals surface area contributed by atoms with Crippen molar-refractivity contribution < 1.29 is 13.7 Å². The minimum absolute atomic E-state index is 0.270. The molecule has 27 heavy (non-hydrogen) atoms. The zero-order chi connectivity index (χ0) is 19.4. The highest BCUT2D eigenvalue weighted by Gasteiger charge is 2.29. The molecule has 1 N–H and O–H groups in total. The molecule has 2 aromatic rings. The number of ether oxygens (including phenoxy) is 1. The number of alkyl carbamates (subject to hydrolysis) is 1. The summed E-state index contributed by atoms with van der Waals surface area (Å²) in [6.45, 7) is 7.31. The van der Waals surface area contributed by atoms with Gasteiger partial charge in [0.15, 0.2) is 0 Å². The van der Waals surface area contributed by atoms with Crippen molar-refractivity contribution in [1.82, 2.24) is 14.9 Å². The van der Waals surface area contributed by atoms with E-state index in [1.165, 1.54) is 0 Å². The quantitative estimate of drug-likeness (QED) is 0.583. The van der Waals surface area contributed by atoms with E-state index in [1.54, 1.807) is 32.3 Å². The van der Waals surface area contributed by atoms with Crippen LogP contribution in [0.25, 0.3) is 16.7 Å². The molecule has 1 aliphatic carbocycles. The molecular weight excluding hydrogens is 364 g/mol. The van der Waals surface area contributed by atoms with Gasteiger partial charge >= 0.3 is 6.09 Å². The number of hydrogen-bond acceptors (Lipinski definition) is 5. The molecule has 1 saturated carbocycles. The fourth-order valence-electron chi connectivity index (χ4n) is 2.65. The van der Waals surface area contributed by atoms with Gasteiger partial charge in [-0.15, -0.1) is 0 Å². The van der Waals surface area contributed by atoms with Crippen LogP contribution in [0.15, 0.2) is 52.4 Å². The lowest BCUT2D eigenvalue weighted by atomic mass is 10.3. The van der Waals surface area contributed by atoms with Gasteiger partial charge in [-0.25, -0.2) is 9.78 Å². The van der Waals surface area contributed by atoms with Gasteiger partial charge in [-0.1, -0.05) is 0 Å². The van der Waals surface area contributed by atoms with Crippen LogP contribution >= 0.6 is 0 Å². The molecule has 0 saturated heterocycles. The Hall–Kier alpha value is -2.74. The summed E-state index contributed by atoms with van der Waals surface area (Å²) in [7, 11) is -0.991. The van der Waals surface area contributed by atoms with Crippen molar-refractivity contribution in [3.05, 3.63) is 42.5 Å². The highest BCUT2D eigenvalue weighted by atomic mass is 32.2. The molecular formula is C19H22N4O3S. The molecule has 1 fully saturated rings. The third-order valence-corrected chi connectivity index (χ3v) is 5.77. The van der Waals surface area contributed by atoms with E-state index in [0.29, 0.717) is 23.6 Å². The van der Waals surface area contributed by atoms with Gasteiger partial charge in [0.25, 0.3) is 0 Å². The number of hydrogen-bond donors (Lipinski definition) is 1. The lowest BCUT2D eigenvalue weighted by molar-refractivity contribution is 0.155. The van der Waals surface area contributed by atoms with Crippen molar-refractivity contribution in [2.45, 2.75) is 36.8 Å². The summed E-state index contributed by atoms with van der Waals surface area (Å²) in [6.07, 6.45) is 8.37. The van der Waals surface area contributed by atoms with Crippen molar-refractivity contribution in [3.63, 3.8) is 0 Å². The lowest BCUT2D eigenvalue weighted by Crippen LogP contribution is -2.22. The molecule has 2 heterocycles. The van der Waals surface area contributed by atoms with Crippen molar-refractivity contribution in [1.29, 1.82) is 0 Å². The summed E-state index contributed by atoms with van der Waals surface area (Å²) >= 11 is 0. The van der Waals surface area contributed by atoms with Crippen molar-refractivity contribution in [2.75, 3.05) is 6.61 Å². The normalized spacial score (nSPS) is 16.2. The van der Waals surface area contributed by atoms with E-state index in [-0.39, 0.29) is 5.25 Å². The molecule has 8 heteroatoms. The molecule has 1 unspecified atom stereocenters. The van der Waals surface area contributed by atoms with E-state index in [4.69, 9.17) is 4.74 Å². The Morgan fingerprint density at radius 3 is 3.00 bits per heavy atom. The Bertz CT molecular complexity index is 957. The highest BCUT2D eigenvalue weighted by Crippen LogP contribution is 2.31. The lowest BCUT2D eigenvalue weighted by Gasteiger charge is -2.09. The Morgan fingerprint density at radius 1 is 1.56 bits per heavy atom. The number of carbonyl (C=O) groups excluding carboxylic acids is 1. The van der Waals surface area contributed by atoms with E-state index in [1.807, 2.05) is 22.9 Å². The van der Waals surface area contributed by atoms with Crippen LogP contribution in [0, 0.1) is 0 Å². The van der Waals surface area contributed by atoms with Crippen molar-refractivity contribution in [3.8, 4) is 0 Å². The minimum atomic E-state index is -0.991. The summed E-state index contributed by atoms with van der Waals surface area (Å²) in [5.74, 6) is 0. The fourth-order valence-corrected chi connectivity index (χ4v) is 3.99. The standard InChI is InChI=1S/C19H22N4O3S/c1-4-26-19(24)22-13(2)9-15(11-20-3)23-8-7-14-10-17(12-21-18(14)23)27(25)16-5-6-16/h7-12,16H,3-6H2,1-2H3,(H,22,24)/b13-9+,15-11+. The number of fused-ring (bicyclic) bond motifs is 1. The Labute approximate surface area is 160 Å². The number of nitrogens with one attached hydrogen (secondary N) is 1. The average molecular weight is 386 g/mol. The highest BCUT2D eigenvalue weighted by molar-refractivity contribution is 7.86. The molecule has 3 rings (SSSR count). The van der Waals surface area contributed by atoms with E-state index >= 15 is 0 Å². The number of allylic oxidation sites excluding steroid dienone is 3. The summed E-state index contributed by atoms with van der Waals surface area (Å²) < 4.78 is 19.1. The summed E-state index contributed by atoms with van der Waals surface area (Å²) in [5.41, 5.74) is 1.98. The first-order valence-electron chi connectivity index (χ1n) is 8.69. The van der Waals surface area contributed by atoms with Crippen LogP contribution in [0.4, 0.5) is 4.79 Å². The second kappa shape index (κ2) is 8.30. The van der Waals surface area contributed by atoms with Crippen LogP contribution in [0.5, 0.6) is 0 Å². The molecule has 2 aromatic heterocycles. The largest absolute Gasteiger partial charge is 0.450 e. The first-order chi connectivity index (χ1) is 13.0. The van der Waals surface area contributed by atoms with Crippen LogP contribution in [-0.2, 0) is 15.5 Å². The zero-order valence-corrected chi connectivity index (χ0v) is 16.2. The number of carbonyl (C=O) groups is 1. The van der Waals surface area contributed by atoms with Crippen molar-refractivity contribution in [2.24, 2.45) is 4.99 Å². The molecule has 7 nitrogen and oxygen atoms in total. The predicted octanol–water partition coefficient (Wildman–Crippen LogP) is 3.46. The predicted molar refractivity (Wildman–Crippen MR) is 107 cm³/mol. The second-order valence-electron chi connectivity index (χ2n) is 6.18. The molecule has 0 bridgehead atoms. The summed E-state index contributed by atoms with van der Waals surface area (Å²) in [4.78, 5) is 20.7. The Morgan fingerprint density at radius 2 is 2.33 bits per heavy atom. The molecule has 0 radical (unpaired) electrons. The van der Waals surface area contributed by atoms with Gasteiger partial charge in [-0.05, 0) is 51.6 Å². The van der Waals surface area contributed by atoms with Crippen LogP contribution in [0.1, 0.15) is 26.7 Å². The summed E-state index contributed by atoms with van der Waals surface area (Å²) in [5, 5.41) is 3.81. The molecule has 1 amide bonds. The molecule has 0 aromatic carbocycles. The van der Waals surface area contributed by atoms with Gasteiger partial charge in [-0.3, -0.25) is 19.1 Å². The average Bonchev–Trinajstić information content (AvgIpc) is 3.40. The van der Waals surface area contributed by atoms with E-state index < -0.39 is 16.9 Å². The minimum Gasteiger partial charge on any atom is -0.450 e. The first kappa shape index (κ1) is 19.0. The number of nitrogens with zero attached hydrogens (tertiary/aromatic N) is 3. The van der Waals surface area contributed by atoms with Gasteiger partial charge in [0.2, 0.25) is 0 Å². The SMILES string of the molecule is C=N/C=C(\C=C(/C)NC(=O)OCC)n1ccc2cc(S(=O)C3CC3)cnc21. The number of aliphatic imine (C=N–C) groups is 1. The van der Waals surface area contributed by atoms with Crippen LogP contribution < -0.4 is 5.32 Å². The second-order valence-corrected chi connectivity index (χ2v) is 7.91. The van der Waals surface area contributed by atoms with Crippen LogP contribution in [0.2, 0.25) is 0 Å². The van der Waals surface area contributed by atoms with Gasteiger partial charge < -0.3 is 4.74 Å². The number of aromatic nitrogens is 2. The first-order valence-corrected chi connectivity index (χ1v) is 9.91. The van der Waals surface area contributed by atoms with Gasteiger partial charge in [0.05, 0.1) is 34.2 Å². The van der Waals surface area contributed by atoms with E-state index in [9.17, 15) is 9.00 Å². The number of rotatable bonds is 7. The Kier molecular flexibility index (Phi) is 5.85. The zero-order valence-electron chi connectivity index (χ0n) is 15.3. The number of amides is 1. The molecule has 0 spiro atoms. The maximum atomic E-state index is 12.4. The fraction of sp³-hybridized carbons (Fsp3) is 0.316. The van der Waals surface area contributed by atoms with E-state index in [0.717, 1.165) is 23.1 Å². The Balaban J connectivity index is 1.90. The topological polar surface area (TPSA) is 85.6 Å². The smallest absolute Gasteiger partial charge is 0.411 e. The molecule has 142 valence electrons. The van der Waals surface area contributed by atoms with Crippen molar-refractivity contribution >= 4 is 40.3 Å². The van der Waals surface area contributed by atoms with Crippen LogP contribution in [-0.4, -0.2) is 38.4 Å². The number of pyridine rings is 1. The molecule has 1 atom stereocenters. The molecule has 1 aliphatic rings. The van der Waals surface area contributed by atoms with Gasteiger partial charge in [0, 0.05) is 28.7 Å². The summed E-state index contributed by atoms with van der Waals surface area (Å²) in [6, 6.07) is 3.83. The maximum Gasteiger partial charge on any atom is 0.411 e. The molecule has 0 aliphatic heterocycles. The van der Waals surface area contributed by atoms with Gasteiger partial charge in [-0.2, -0.15) is 0 Å². The van der Waals surface area contributed by atoms with Crippen LogP contribution in [0.3, 0.4) is 0 Å². The monoisotopic (exact) mass is 386 g/mol. The maximum absolute atomic E-state index is 12.4. The third-order valence-electron chi connectivity index (χ3n) is 4.00. The van der Waals surface area contributed by atoms with Gasteiger partial charge in [0.1, 0.15) is 5.65 Å². The third kappa shape index (κ3) is 4.51. The van der Waals surface area contributed by atoms with E-state index in [2.05, 4.69) is 22.0 Å².